The van der Waals surface area contributed by atoms with Crippen LogP contribution in [0.1, 0.15) is 35.9 Å². The van der Waals surface area contributed by atoms with E-state index in [0.717, 1.165) is 24.3 Å². The van der Waals surface area contributed by atoms with Crippen LogP contribution in [0.2, 0.25) is 0 Å². The van der Waals surface area contributed by atoms with Crippen molar-refractivity contribution in [2.45, 2.75) is 31.6 Å². The minimum atomic E-state index is 0.0191. The highest BCUT2D eigenvalue weighted by Gasteiger charge is 2.16. The summed E-state index contributed by atoms with van der Waals surface area (Å²) in [4.78, 5) is 0. The van der Waals surface area contributed by atoms with Crippen LogP contribution < -0.4 is 5.43 Å². The molecule has 2 rings (SSSR count). The lowest BCUT2D eigenvalue weighted by molar-refractivity contribution is 0.148. The maximum absolute atomic E-state index is 4.54. The maximum Gasteiger partial charge on any atom is 0.106 e. The highest BCUT2D eigenvalue weighted by atomic mass is 32.1. The number of nitrogens with zero attached hydrogens (tertiary/aromatic N) is 2. The molecule has 15 heavy (non-hydrogen) atoms. The van der Waals surface area contributed by atoms with Crippen LogP contribution in [0.4, 0.5) is 0 Å². The van der Waals surface area contributed by atoms with Crippen LogP contribution in [0, 0.1) is 6.92 Å². The second-order valence-corrected chi connectivity index (χ2v) is 4.56. The zero-order valence-corrected chi connectivity index (χ0v) is 9.93. The first kappa shape index (κ1) is 11.0. The number of H-pyrrole nitrogens is 1. The number of hydrogen-bond acceptors (Lipinski definition) is 4. The lowest BCUT2D eigenvalue weighted by Gasteiger charge is -2.29. The smallest absolute Gasteiger partial charge is 0.106 e. The summed E-state index contributed by atoms with van der Waals surface area (Å²) < 4.78 is 0. The van der Waals surface area contributed by atoms with E-state index < -0.39 is 0 Å². The van der Waals surface area contributed by atoms with E-state index in [9.17, 15) is 0 Å². The van der Waals surface area contributed by atoms with E-state index in [1.807, 2.05) is 13.1 Å². The summed E-state index contributed by atoms with van der Waals surface area (Å²) in [5.41, 5.74) is 5.60. The van der Waals surface area contributed by atoms with Gasteiger partial charge in [-0.15, -0.1) is 0 Å². The molecule has 1 aliphatic heterocycles. The van der Waals surface area contributed by atoms with Gasteiger partial charge in [-0.2, -0.15) is 17.7 Å². The van der Waals surface area contributed by atoms with Crippen molar-refractivity contribution in [3.8, 4) is 0 Å². The van der Waals surface area contributed by atoms with E-state index in [-0.39, 0.29) is 5.37 Å². The SMILES string of the molecule is Cc1cn[nH]c1C(S)NN1CCCCC1. The Balaban J connectivity index is 1.91. The largest absolute Gasteiger partial charge is 0.280 e. The van der Waals surface area contributed by atoms with E-state index in [0.29, 0.717) is 0 Å². The number of nitrogens with one attached hydrogen (secondary N) is 2. The molecule has 1 atom stereocenters. The van der Waals surface area contributed by atoms with Gasteiger partial charge in [-0.3, -0.25) is 5.10 Å². The fraction of sp³-hybridized carbons (Fsp3) is 0.700. The van der Waals surface area contributed by atoms with Gasteiger partial charge in [0.25, 0.3) is 0 Å². The average molecular weight is 226 g/mol. The van der Waals surface area contributed by atoms with Crippen LogP contribution in [-0.2, 0) is 0 Å². The van der Waals surface area contributed by atoms with Gasteiger partial charge in [0.1, 0.15) is 5.37 Å². The number of aromatic amines is 1. The van der Waals surface area contributed by atoms with Crippen LogP contribution in [0.3, 0.4) is 0 Å². The van der Waals surface area contributed by atoms with Gasteiger partial charge >= 0.3 is 0 Å². The molecule has 1 saturated heterocycles. The van der Waals surface area contributed by atoms with Crippen LogP contribution in [-0.4, -0.2) is 28.3 Å². The van der Waals surface area contributed by atoms with E-state index in [2.05, 4.69) is 33.3 Å². The zero-order valence-electron chi connectivity index (χ0n) is 9.03. The molecule has 0 spiro atoms. The first-order valence-corrected chi connectivity index (χ1v) is 5.98. The molecule has 1 fully saturated rings. The minimum absolute atomic E-state index is 0.0191. The van der Waals surface area contributed by atoms with Gasteiger partial charge in [-0.25, -0.2) is 10.4 Å². The number of hydrogen-bond donors (Lipinski definition) is 3. The third-order valence-corrected chi connectivity index (χ3v) is 3.18. The van der Waals surface area contributed by atoms with Crippen molar-refractivity contribution in [3.63, 3.8) is 0 Å². The summed E-state index contributed by atoms with van der Waals surface area (Å²) in [5, 5.41) is 9.25. The molecule has 4 nitrogen and oxygen atoms in total. The van der Waals surface area contributed by atoms with Gasteiger partial charge in [0.15, 0.2) is 0 Å². The Kier molecular flexibility index (Phi) is 3.66. The number of rotatable bonds is 3. The van der Waals surface area contributed by atoms with Gasteiger partial charge in [0, 0.05) is 13.1 Å². The molecule has 0 saturated carbocycles. The molecule has 1 unspecified atom stereocenters. The lowest BCUT2D eigenvalue weighted by Crippen LogP contribution is -2.42. The van der Waals surface area contributed by atoms with E-state index >= 15 is 0 Å². The van der Waals surface area contributed by atoms with Gasteiger partial charge in [-0.1, -0.05) is 6.42 Å². The monoisotopic (exact) mass is 226 g/mol. The molecule has 1 aliphatic rings. The molecule has 84 valence electrons. The van der Waals surface area contributed by atoms with Crippen molar-refractivity contribution in [3.05, 3.63) is 17.5 Å². The fourth-order valence-electron chi connectivity index (χ4n) is 1.89. The predicted molar refractivity (Wildman–Crippen MR) is 63.6 cm³/mol. The van der Waals surface area contributed by atoms with Crippen LogP contribution >= 0.6 is 12.6 Å². The molecule has 2 N–H and O–H groups in total. The lowest BCUT2D eigenvalue weighted by atomic mass is 10.2. The van der Waals surface area contributed by atoms with Gasteiger partial charge in [0.05, 0.1) is 11.9 Å². The Morgan fingerprint density at radius 2 is 2.20 bits per heavy atom. The first-order chi connectivity index (χ1) is 7.27. The summed E-state index contributed by atoms with van der Waals surface area (Å²) in [5.74, 6) is 0. The highest BCUT2D eigenvalue weighted by molar-refractivity contribution is 7.80. The van der Waals surface area contributed by atoms with Gasteiger partial charge in [-0.05, 0) is 25.3 Å². The van der Waals surface area contributed by atoms with Crippen LogP contribution in [0.15, 0.2) is 6.20 Å². The third kappa shape index (κ3) is 2.74. The normalized spacial score (nSPS) is 20.4. The third-order valence-electron chi connectivity index (χ3n) is 2.80. The van der Waals surface area contributed by atoms with Gasteiger partial charge in [0.2, 0.25) is 0 Å². The first-order valence-electron chi connectivity index (χ1n) is 5.46. The summed E-state index contributed by atoms with van der Waals surface area (Å²) in [6.45, 7) is 4.27. The summed E-state index contributed by atoms with van der Waals surface area (Å²) >= 11 is 4.54. The second kappa shape index (κ2) is 5.01. The number of aromatic nitrogens is 2. The molecule has 0 aromatic carbocycles. The predicted octanol–water partition coefficient (Wildman–Crippen LogP) is 1.64. The Morgan fingerprint density at radius 1 is 1.47 bits per heavy atom. The van der Waals surface area contributed by atoms with Crippen molar-refractivity contribution < 1.29 is 0 Å². The molecule has 0 aliphatic carbocycles. The van der Waals surface area contributed by atoms with Crippen molar-refractivity contribution in [1.82, 2.24) is 20.6 Å². The van der Waals surface area contributed by atoms with Crippen molar-refractivity contribution in [2.75, 3.05) is 13.1 Å². The topological polar surface area (TPSA) is 44.0 Å². The molecule has 2 heterocycles. The number of aryl methyl sites for hydroxylation is 1. The van der Waals surface area contributed by atoms with Gasteiger partial charge < -0.3 is 0 Å². The number of piperidine rings is 1. The van der Waals surface area contributed by atoms with Crippen molar-refractivity contribution >= 4 is 12.6 Å². The molecule has 1 aromatic heterocycles. The van der Waals surface area contributed by atoms with E-state index in [4.69, 9.17) is 0 Å². The standard InChI is InChI=1S/C10H18N4S/c1-8-7-11-12-9(8)10(15)13-14-5-3-2-4-6-14/h7,10,13,15H,2-6H2,1H3,(H,11,12). The highest BCUT2D eigenvalue weighted by Crippen LogP contribution is 2.19. The van der Waals surface area contributed by atoms with Crippen LogP contribution in [0.5, 0.6) is 0 Å². The fourth-order valence-corrected chi connectivity index (χ4v) is 2.32. The van der Waals surface area contributed by atoms with Crippen molar-refractivity contribution in [1.29, 1.82) is 0 Å². The molecule has 0 bridgehead atoms. The molecule has 5 heteroatoms. The van der Waals surface area contributed by atoms with E-state index in [1.165, 1.54) is 19.3 Å². The maximum atomic E-state index is 4.54. The quantitative estimate of drug-likeness (QED) is 0.542. The molecule has 0 amide bonds. The Labute approximate surface area is 95.8 Å². The second-order valence-electron chi connectivity index (χ2n) is 4.05. The number of hydrazine groups is 1. The Bertz CT molecular complexity index is 306. The zero-order chi connectivity index (χ0) is 10.7. The summed E-state index contributed by atoms with van der Waals surface area (Å²) in [6.07, 6.45) is 5.72. The molecule has 0 radical (unpaired) electrons. The number of thiol groups is 1. The Morgan fingerprint density at radius 3 is 2.80 bits per heavy atom. The molecule has 1 aromatic rings. The average Bonchev–Trinajstić information content (AvgIpc) is 2.66. The summed E-state index contributed by atoms with van der Waals surface area (Å²) in [7, 11) is 0. The molecular formula is C10H18N4S. The van der Waals surface area contributed by atoms with Crippen molar-refractivity contribution in [2.24, 2.45) is 0 Å². The minimum Gasteiger partial charge on any atom is -0.280 e. The summed E-state index contributed by atoms with van der Waals surface area (Å²) in [6, 6.07) is 0. The van der Waals surface area contributed by atoms with Crippen LogP contribution in [0.25, 0.3) is 0 Å². The van der Waals surface area contributed by atoms with E-state index in [1.54, 1.807) is 0 Å². The molecular weight excluding hydrogens is 208 g/mol. The Hall–Kier alpha value is -0.520.